The molecule has 2 aliphatic rings. The van der Waals surface area contributed by atoms with Gasteiger partial charge in [0.25, 0.3) is 0 Å². The Morgan fingerprint density at radius 3 is 2.67 bits per heavy atom. The Balaban J connectivity index is 0.00000162. The van der Waals surface area contributed by atoms with Gasteiger partial charge in [-0.2, -0.15) is 0 Å². The average Bonchev–Trinajstić information content (AvgIpc) is 2.28. The summed E-state index contributed by atoms with van der Waals surface area (Å²) in [5, 5.41) is 3.18. The van der Waals surface area contributed by atoms with Crippen molar-refractivity contribution in [2.75, 3.05) is 19.7 Å². The summed E-state index contributed by atoms with van der Waals surface area (Å²) in [4.78, 5) is 4.37. The number of nitrogens with two attached hydrogens (primary N) is 1. The number of rotatable bonds is 5. The molecule has 0 aromatic rings. The molecule has 1 heterocycles. The third kappa shape index (κ3) is 5.73. The van der Waals surface area contributed by atoms with Crippen molar-refractivity contribution in [3.63, 3.8) is 0 Å². The molecule has 1 unspecified atom stereocenters. The summed E-state index contributed by atoms with van der Waals surface area (Å²) in [5.74, 6) is 1.39. The number of hydrogen-bond donors (Lipinski definition) is 2. The Labute approximate surface area is 127 Å². The minimum atomic E-state index is 0. The molecule has 1 saturated carbocycles. The molecule has 5 heteroatoms. The molecule has 0 amide bonds. The topological polar surface area (TPSA) is 59.6 Å². The van der Waals surface area contributed by atoms with Crippen molar-refractivity contribution in [2.45, 2.75) is 51.0 Å². The lowest BCUT2D eigenvalue weighted by Gasteiger charge is -2.24. The van der Waals surface area contributed by atoms with Crippen LogP contribution in [0.3, 0.4) is 0 Å². The highest BCUT2D eigenvalue weighted by Crippen LogP contribution is 2.26. The van der Waals surface area contributed by atoms with Crippen molar-refractivity contribution in [2.24, 2.45) is 16.6 Å². The molecule has 0 aromatic carbocycles. The average molecular weight is 367 g/mol. The van der Waals surface area contributed by atoms with E-state index in [-0.39, 0.29) is 24.0 Å². The standard InChI is InChI=1S/C13H25N3O.HI/c14-13(16-10-11-4-3-5-11)15-8-7-12-6-1-2-9-17-12;/h11-12H,1-10H2,(H3,14,15,16);1H. The van der Waals surface area contributed by atoms with Gasteiger partial charge < -0.3 is 15.8 Å². The van der Waals surface area contributed by atoms with Gasteiger partial charge in [-0.3, -0.25) is 4.99 Å². The van der Waals surface area contributed by atoms with E-state index in [1.54, 1.807) is 0 Å². The predicted molar refractivity (Wildman–Crippen MR) is 85.5 cm³/mol. The third-order valence-electron chi connectivity index (χ3n) is 3.79. The van der Waals surface area contributed by atoms with Crippen molar-refractivity contribution >= 4 is 29.9 Å². The summed E-state index contributed by atoms with van der Waals surface area (Å²) < 4.78 is 5.66. The van der Waals surface area contributed by atoms with Crippen molar-refractivity contribution in [3.8, 4) is 0 Å². The van der Waals surface area contributed by atoms with Crippen LogP contribution in [0.5, 0.6) is 0 Å². The largest absolute Gasteiger partial charge is 0.378 e. The number of guanidine groups is 1. The monoisotopic (exact) mass is 367 g/mol. The van der Waals surface area contributed by atoms with E-state index in [0.717, 1.165) is 32.0 Å². The molecule has 1 atom stereocenters. The van der Waals surface area contributed by atoms with Crippen LogP contribution in [0.25, 0.3) is 0 Å². The molecule has 2 fully saturated rings. The van der Waals surface area contributed by atoms with E-state index >= 15 is 0 Å². The summed E-state index contributed by atoms with van der Waals surface area (Å²) in [6, 6.07) is 0. The first-order chi connectivity index (χ1) is 8.34. The first-order valence-electron chi connectivity index (χ1n) is 7.00. The van der Waals surface area contributed by atoms with Gasteiger partial charge in [0.1, 0.15) is 0 Å². The minimum absolute atomic E-state index is 0. The lowest BCUT2D eigenvalue weighted by atomic mass is 9.86. The van der Waals surface area contributed by atoms with Gasteiger partial charge in [0.15, 0.2) is 5.96 Å². The van der Waals surface area contributed by atoms with Crippen LogP contribution in [-0.4, -0.2) is 31.8 Å². The Kier molecular flexibility index (Phi) is 7.97. The highest BCUT2D eigenvalue weighted by Gasteiger charge is 2.16. The molecule has 4 nitrogen and oxygen atoms in total. The highest BCUT2D eigenvalue weighted by atomic mass is 127. The first kappa shape index (κ1) is 16.0. The van der Waals surface area contributed by atoms with Crippen LogP contribution in [-0.2, 0) is 4.74 Å². The number of hydrogen-bond acceptors (Lipinski definition) is 2. The van der Waals surface area contributed by atoms with Gasteiger partial charge in [-0.25, -0.2) is 0 Å². The van der Waals surface area contributed by atoms with E-state index in [2.05, 4.69) is 10.3 Å². The molecule has 1 aliphatic heterocycles. The summed E-state index contributed by atoms with van der Waals surface area (Å²) in [6.07, 6.45) is 9.20. The fourth-order valence-electron chi connectivity index (χ4n) is 2.36. The molecule has 0 spiro atoms. The van der Waals surface area contributed by atoms with E-state index in [9.17, 15) is 0 Å². The van der Waals surface area contributed by atoms with E-state index in [1.165, 1.54) is 38.5 Å². The van der Waals surface area contributed by atoms with Gasteiger partial charge >= 0.3 is 0 Å². The van der Waals surface area contributed by atoms with Crippen LogP contribution >= 0.6 is 24.0 Å². The molecular formula is C13H26IN3O. The Morgan fingerprint density at radius 2 is 2.06 bits per heavy atom. The van der Waals surface area contributed by atoms with Crippen LogP contribution in [0.1, 0.15) is 44.9 Å². The van der Waals surface area contributed by atoms with Crippen LogP contribution < -0.4 is 11.1 Å². The molecule has 2 rings (SSSR count). The second-order valence-electron chi connectivity index (χ2n) is 5.23. The quantitative estimate of drug-likeness (QED) is 0.445. The number of halogens is 1. The molecule has 0 aromatic heterocycles. The van der Waals surface area contributed by atoms with Gasteiger partial charge in [0.05, 0.1) is 6.10 Å². The highest BCUT2D eigenvalue weighted by molar-refractivity contribution is 14.0. The normalized spacial score (nSPS) is 25.1. The molecule has 106 valence electrons. The van der Waals surface area contributed by atoms with Crippen molar-refractivity contribution in [1.82, 2.24) is 5.32 Å². The van der Waals surface area contributed by atoms with Gasteiger partial charge in [-0.15, -0.1) is 24.0 Å². The summed E-state index contributed by atoms with van der Waals surface area (Å²) in [7, 11) is 0. The first-order valence-corrected chi connectivity index (χ1v) is 7.00. The molecule has 18 heavy (non-hydrogen) atoms. The minimum Gasteiger partial charge on any atom is -0.378 e. The van der Waals surface area contributed by atoms with Crippen molar-refractivity contribution in [3.05, 3.63) is 0 Å². The second kappa shape index (κ2) is 8.96. The van der Waals surface area contributed by atoms with E-state index in [4.69, 9.17) is 10.5 Å². The second-order valence-corrected chi connectivity index (χ2v) is 5.23. The zero-order valence-electron chi connectivity index (χ0n) is 11.1. The Bertz CT molecular complexity index is 251. The molecular weight excluding hydrogens is 341 g/mol. The molecule has 0 bridgehead atoms. The molecule has 1 aliphatic carbocycles. The summed E-state index contributed by atoms with van der Waals surface area (Å²) >= 11 is 0. The summed E-state index contributed by atoms with van der Waals surface area (Å²) in [5.41, 5.74) is 5.81. The molecule has 1 saturated heterocycles. The van der Waals surface area contributed by atoms with Crippen LogP contribution in [0.2, 0.25) is 0 Å². The summed E-state index contributed by atoms with van der Waals surface area (Å²) in [6.45, 7) is 2.71. The number of ether oxygens (including phenoxy) is 1. The fourth-order valence-corrected chi connectivity index (χ4v) is 2.36. The SMILES string of the molecule is I.NC(=NCC1CCC1)NCCC1CCCCO1. The van der Waals surface area contributed by atoms with E-state index in [0.29, 0.717) is 12.1 Å². The van der Waals surface area contributed by atoms with Gasteiger partial charge in [0.2, 0.25) is 0 Å². The number of nitrogens with one attached hydrogen (secondary N) is 1. The van der Waals surface area contributed by atoms with Crippen LogP contribution in [0.4, 0.5) is 0 Å². The maximum Gasteiger partial charge on any atom is 0.188 e. The van der Waals surface area contributed by atoms with Crippen LogP contribution in [0, 0.1) is 5.92 Å². The molecule has 3 N–H and O–H groups in total. The lowest BCUT2D eigenvalue weighted by Crippen LogP contribution is -2.35. The van der Waals surface area contributed by atoms with Gasteiger partial charge in [-0.1, -0.05) is 6.42 Å². The number of nitrogens with zero attached hydrogens (tertiary/aromatic N) is 1. The van der Waals surface area contributed by atoms with Crippen LogP contribution in [0.15, 0.2) is 4.99 Å². The maximum atomic E-state index is 5.81. The zero-order valence-corrected chi connectivity index (χ0v) is 13.4. The predicted octanol–water partition coefficient (Wildman–Crippen LogP) is 2.27. The van der Waals surface area contributed by atoms with Gasteiger partial charge in [-0.05, 0) is 44.4 Å². The maximum absolute atomic E-state index is 5.81. The number of aliphatic imine (C=N–C) groups is 1. The fraction of sp³-hybridized carbons (Fsp3) is 0.923. The smallest absolute Gasteiger partial charge is 0.188 e. The lowest BCUT2D eigenvalue weighted by molar-refractivity contribution is 0.0122. The Morgan fingerprint density at radius 1 is 1.22 bits per heavy atom. The van der Waals surface area contributed by atoms with Gasteiger partial charge in [0, 0.05) is 19.7 Å². The van der Waals surface area contributed by atoms with E-state index < -0.39 is 0 Å². The van der Waals surface area contributed by atoms with Crippen molar-refractivity contribution < 1.29 is 4.74 Å². The molecule has 0 radical (unpaired) electrons. The van der Waals surface area contributed by atoms with E-state index in [1.807, 2.05) is 0 Å². The Hall–Kier alpha value is -0.0400. The van der Waals surface area contributed by atoms with Crippen molar-refractivity contribution in [1.29, 1.82) is 0 Å². The third-order valence-corrected chi connectivity index (χ3v) is 3.79. The zero-order chi connectivity index (χ0) is 11.9.